The molecule has 0 unspecified atom stereocenters. The van der Waals surface area contributed by atoms with Crippen molar-refractivity contribution in [1.29, 1.82) is 0 Å². The number of amides is 1. The monoisotopic (exact) mass is 338 g/mol. The van der Waals surface area contributed by atoms with Crippen molar-refractivity contribution in [2.24, 2.45) is 0 Å². The molecule has 1 amide bonds. The molecule has 1 aromatic heterocycles. The summed E-state index contributed by atoms with van der Waals surface area (Å²) in [5.74, 6) is -0.0546. The van der Waals surface area contributed by atoms with E-state index in [1.54, 1.807) is 0 Å². The lowest BCUT2D eigenvalue weighted by Gasteiger charge is -2.05. The Morgan fingerprint density at radius 2 is 2.15 bits per heavy atom. The van der Waals surface area contributed by atoms with Gasteiger partial charge in [0.1, 0.15) is 0 Å². The van der Waals surface area contributed by atoms with E-state index in [0.29, 0.717) is 10.3 Å². The van der Waals surface area contributed by atoms with Crippen LogP contribution in [0.4, 0.5) is 11.5 Å². The van der Waals surface area contributed by atoms with Crippen molar-refractivity contribution in [3.63, 3.8) is 0 Å². The molecule has 0 spiro atoms. The number of aromatic amines is 1. The molecule has 0 radical (unpaired) electrons. The summed E-state index contributed by atoms with van der Waals surface area (Å²) in [7, 11) is 0. The SMILES string of the molecule is Cc1[nH]nc(NC(=O)c2cc([N+](=O)[O-])ccc2Br)c1C. The Hall–Kier alpha value is -2.22. The molecule has 2 rings (SSSR count). The maximum Gasteiger partial charge on any atom is 0.270 e. The number of H-pyrrole nitrogens is 1. The number of benzene rings is 1. The van der Waals surface area contributed by atoms with Crippen molar-refractivity contribution in [3.05, 3.63) is 49.6 Å². The van der Waals surface area contributed by atoms with Gasteiger partial charge >= 0.3 is 0 Å². The van der Waals surface area contributed by atoms with E-state index < -0.39 is 10.8 Å². The van der Waals surface area contributed by atoms with Crippen molar-refractivity contribution in [2.45, 2.75) is 13.8 Å². The van der Waals surface area contributed by atoms with E-state index in [9.17, 15) is 14.9 Å². The third kappa shape index (κ3) is 2.69. The fraction of sp³-hybridized carbons (Fsp3) is 0.167. The summed E-state index contributed by atoms with van der Waals surface area (Å²) in [6, 6.07) is 4.01. The van der Waals surface area contributed by atoms with Gasteiger partial charge in [-0.05, 0) is 35.8 Å². The zero-order chi connectivity index (χ0) is 14.9. The predicted octanol–water partition coefficient (Wildman–Crippen LogP) is 2.95. The minimum absolute atomic E-state index is 0.145. The second-order valence-corrected chi connectivity index (χ2v) is 5.05. The van der Waals surface area contributed by atoms with Crippen LogP contribution in [0.25, 0.3) is 0 Å². The number of non-ortho nitro benzene ring substituents is 1. The van der Waals surface area contributed by atoms with E-state index in [2.05, 4.69) is 31.4 Å². The van der Waals surface area contributed by atoms with Crippen LogP contribution in [-0.2, 0) is 0 Å². The molecule has 1 heterocycles. The van der Waals surface area contributed by atoms with Gasteiger partial charge in [0, 0.05) is 27.9 Å². The smallest absolute Gasteiger partial charge is 0.270 e. The first kappa shape index (κ1) is 14.2. The van der Waals surface area contributed by atoms with Gasteiger partial charge < -0.3 is 5.32 Å². The molecule has 0 fully saturated rings. The molecular weight excluding hydrogens is 328 g/mol. The van der Waals surface area contributed by atoms with Gasteiger partial charge in [0.15, 0.2) is 5.82 Å². The molecule has 8 heteroatoms. The number of nitrogens with one attached hydrogen (secondary N) is 2. The highest BCUT2D eigenvalue weighted by atomic mass is 79.9. The van der Waals surface area contributed by atoms with Crippen LogP contribution in [0.5, 0.6) is 0 Å². The summed E-state index contributed by atoms with van der Waals surface area (Å²) >= 11 is 3.21. The lowest BCUT2D eigenvalue weighted by molar-refractivity contribution is -0.384. The highest BCUT2D eigenvalue weighted by Crippen LogP contribution is 2.24. The molecule has 1 aromatic carbocycles. The van der Waals surface area contributed by atoms with Crippen LogP contribution in [0, 0.1) is 24.0 Å². The molecule has 0 saturated carbocycles. The maximum absolute atomic E-state index is 12.2. The van der Waals surface area contributed by atoms with E-state index in [4.69, 9.17) is 0 Å². The van der Waals surface area contributed by atoms with E-state index >= 15 is 0 Å². The topological polar surface area (TPSA) is 101 Å². The Bertz CT molecular complexity index is 696. The Labute approximate surface area is 122 Å². The minimum Gasteiger partial charge on any atom is -0.305 e. The summed E-state index contributed by atoms with van der Waals surface area (Å²) in [5.41, 5.74) is 1.70. The van der Waals surface area contributed by atoms with Crippen LogP contribution in [0.1, 0.15) is 21.6 Å². The highest BCUT2D eigenvalue weighted by molar-refractivity contribution is 9.10. The summed E-state index contributed by atoms with van der Waals surface area (Å²) in [6.07, 6.45) is 0. The molecule has 0 saturated heterocycles. The number of hydrogen-bond donors (Lipinski definition) is 2. The van der Waals surface area contributed by atoms with Gasteiger partial charge in [-0.25, -0.2) is 0 Å². The van der Waals surface area contributed by atoms with Gasteiger partial charge in [-0.3, -0.25) is 20.0 Å². The van der Waals surface area contributed by atoms with Gasteiger partial charge in [-0.15, -0.1) is 0 Å². The van der Waals surface area contributed by atoms with Crippen LogP contribution < -0.4 is 5.32 Å². The van der Waals surface area contributed by atoms with Crippen LogP contribution in [-0.4, -0.2) is 21.0 Å². The number of rotatable bonds is 3. The first-order chi connectivity index (χ1) is 9.40. The lowest BCUT2D eigenvalue weighted by Crippen LogP contribution is -2.14. The number of halogens is 1. The summed E-state index contributed by atoms with van der Waals surface area (Å²) in [6.45, 7) is 3.65. The third-order valence-corrected chi connectivity index (χ3v) is 3.58. The number of carbonyl (C=O) groups excluding carboxylic acids is 1. The van der Waals surface area contributed by atoms with Gasteiger partial charge in [0.25, 0.3) is 11.6 Å². The summed E-state index contributed by atoms with van der Waals surface area (Å²) in [4.78, 5) is 22.3. The number of anilines is 1. The van der Waals surface area contributed by atoms with Crippen molar-refractivity contribution in [2.75, 3.05) is 5.32 Å². The van der Waals surface area contributed by atoms with E-state index in [0.717, 1.165) is 11.3 Å². The second-order valence-electron chi connectivity index (χ2n) is 4.20. The standard InChI is InChI=1S/C12H11BrN4O3/c1-6-7(2)15-16-11(6)14-12(18)9-5-8(17(19)20)3-4-10(9)13/h3-5H,1-2H3,(H2,14,15,16,18). The summed E-state index contributed by atoms with van der Waals surface area (Å²) < 4.78 is 0.477. The fourth-order valence-electron chi connectivity index (χ4n) is 1.58. The van der Waals surface area contributed by atoms with E-state index in [1.807, 2.05) is 13.8 Å². The van der Waals surface area contributed by atoms with Crippen molar-refractivity contribution >= 4 is 33.3 Å². The number of hydrogen-bond acceptors (Lipinski definition) is 4. The van der Waals surface area contributed by atoms with Crippen molar-refractivity contribution < 1.29 is 9.72 Å². The number of carbonyl (C=O) groups is 1. The fourth-order valence-corrected chi connectivity index (χ4v) is 2.01. The normalized spacial score (nSPS) is 10.3. The number of nitrogens with zero attached hydrogens (tertiary/aromatic N) is 2. The quantitative estimate of drug-likeness (QED) is 0.663. The average molecular weight is 339 g/mol. The Kier molecular flexibility index (Phi) is 3.84. The van der Waals surface area contributed by atoms with E-state index in [1.165, 1.54) is 18.2 Å². The Balaban J connectivity index is 2.31. The molecule has 20 heavy (non-hydrogen) atoms. The average Bonchev–Trinajstić information content (AvgIpc) is 2.71. The number of nitro groups is 1. The molecule has 2 N–H and O–H groups in total. The van der Waals surface area contributed by atoms with E-state index in [-0.39, 0.29) is 11.3 Å². The summed E-state index contributed by atoms with van der Waals surface area (Å²) in [5, 5.41) is 20.1. The van der Waals surface area contributed by atoms with Crippen LogP contribution in [0.2, 0.25) is 0 Å². The Morgan fingerprint density at radius 3 is 2.70 bits per heavy atom. The molecule has 0 aliphatic heterocycles. The number of aryl methyl sites for hydroxylation is 1. The van der Waals surface area contributed by atoms with Gasteiger partial charge in [-0.1, -0.05) is 0 Å². The highest BCUT2D eigenvalue weighted by Gasteiger charge is 2.17. The molecular formula is C12H11BrN4O3. The zero-order valence-corrected chi connectivity index (χ0v) is 12.3. The Morgan fingerprint density at radius 1 is 1.45 bits per heavy atom. The second kappa shape index (κ2) is 5.41. The zero-order valence-electron chi connectivity index (χ0n) is 10.7. The van der Waals surface area contributed by atoms with Crippen LogP contribution in [0.3, 0.4) is 0 Å². The predicted molar refractivity (Wildman–Crippen MR) is 76.8 cm³/mol. The number of nitro benzene ring substituents is 1. The van der Waals surface area contributed by atoms with Gasteiger partial charge in [0.2, 0.25) is 0 Å². The minimum atomic E-state index is -0.548. The number of aromatic nitrogens is 2. The van der Waals surface area contributed by atoms with Crippen LogP contribution in [0.15, 0.2) is 22.7 Å². The van der Waals surface area contributed by atoms with Gasteiger partial charge in [0.05, 0.1) is 10.5 Å². The molecule has 7 nitrogen and oxygen atoms in total. The maximum atomic E-state index is 12.2. The molecule has 2 aromatic rings. The molecule has 0 aliphatic rings. The first-order valence-electron chi connectivity index (χ1n) is 5.67. The molecule has 0 aliphatic carbocycles. The van der Waals surface area contributed by atoms with Crippen molar-refractivity contribution in [1.82, 2.24) is 10.2 Å². The molecule has 104 valence electrons. The molecule has 0 bridgehead atoms. The largest absolute Gasteiger partial charge is 0.305 e. The lowest BCUT2D eigenvalue weighted by atomic mass is 10.2. The molecule has 0 atom stereocenters. The third-order valence-electron chi connectivity index (χ3n) is 2.89. The first-order valence-corrected chi connectivity index (χ1v) is 6.46. The van der Waals surface area contributed by atoms with Crippen LogP contribution >= 0.6 is 15.9 Å². The van der Waals surface area contributed by atoms with Gasteiger partial charge in [-0.2, -0.15) is 5.10 Å². The van der Waals surface area contributed by atoms with Crippen molar-refractivity contribution in [3.8, 4) is 0 Å².